The highest BCUT2D eigenvalue weighted by molar-refractivity contribution is 8.00. The molecule has 4 atom stereocenters. The molecule has 1 aliphatic carbocycles. The van der Waals surface area contributed by atoms with Crippen LogP contribution in [0.3, 0.4) is 0 Å². The minimum atomic E-state index is -4.44. The number of aliphatic hydroxyl groups is 2. The molecule has 4 unspecified atom stereocenters. The molecule has 0 spiro atoms. The zero-order valence-electron chi connectivity index (χ0n) is 17.1. The second-order valence-corrected chi connectivity index (χ2v) is 9.99. The second kappa shape index (κ2) is 12.8. The summed E-state index contributed by atoms with van der Waals surface area (Å²) in [5, 5.41) is 29.3. The number of unbranched alkanes of at least 4 members (excludes halogenated alkanes) is 1. The number of hydrogen-bond acceptors (Lipinski definition) is 6. The van der Waals surface area contributed by atoms with Gasteiger partial charge in [0.1, 0.15) is 12.4 Å². The van der Waals surface area contributed by atoms with Crippen molar-refractivity contribution < 1.29 is 38.0 Å². The van der Waals surface area contributed by atoms with Crippen molar-refractivity contribution in [2.24, 2.45) is 5.92 Å². The summed E-state index contributed by atoms with van der Waals surface area (Å²) in [7, 11) is 0. The molecule has 0 bridgehead atoms. The number of aliphatic hydroxyl groups excluding tert-OH is 2. The number of thioether (sulfide) groups is 2. The van der Waals surface area contributed by atoms with Gasteiger partial charge in [-0.25, -0.2) is 0 Å². The van der Waals surface area contributed by atoms with Crippen LogP contribution in [0, 0.1) is 5.92 Å². The molecule has 1 fully saturated rings. The average Bonchev–Trinajstić information content (AvgIpc) is 3.06. The molecule has 31 heavy (non-hydrogen) atoms. The summed E-state index contributed by atoms with van der Waals surface area (Å²) in [4.78, 5) is 10.5. The molecule has 1 aromatic carbocycles. The Hall–Kier alpha value is -1.10. The summed E-state index contributed by atoms with van der Waals surface area (Å²) < 4.78 is 43.6. The Balaban J connectivity index is 1.70. The fourth-order valence-electron chi connectivity index (χ4n) is 3.58. The van der Waals surface area contributed by atoms with Crippen LogP contribution in [0.15, 0.2) is 24.3 Å². The molecule has 0 aromatic heterocycles. The highest BCUT2D eigenvalue weighted by atomic mass is 32.2. The van der Waals surface area contributed by atoms with E-state index < -0.39 is 23.8 Å². The first kappa shape index (κ1) is 26.2. The molecule has 5 nitrogen and oxygen atoms in total. The lowest BCUT2D eigenvalue weighted by molar-refractivity contribution is -0.137. The summed E-state index contributed by atoms with van der Waals surface area (Å²) in [5.74, 6) is 0.633. The van der Waals surface area contributed by atoms with Gasteiger partial charge in [-0.15, -0.1) is 0 Å². The summed E-state index contributed by atoms with van der Waals surface area (Å²) in [6.45, 7) is -0.102. The molecule has 10 heteroatoms. The lowest BCUT2D eigenvalue weighted by Gasteiger charge is -2.23. The van der Waals surface area contributed by atoms with Gasteiger partial charge in [-0.1, -0.05) is 12.5 Å². The van der Waals surface area contributed by atoms with Gasteiger partial charge in [-0.2, -0.15) is 36.7 Å². The monoisotopic (exact) mass is 482 g/mol. The maximum absolute atomic E-state index is 12.8. The van der Waals surface area contributed by atoms with E-state index in [0.717, 1.165) is 43.6 Å². The summed E-state index contributed by atoms with van der Waals surface area (Å²) in [6.07, 6.45) is -1.42. The van der Waals surface area contributed by atoms with Crippen molar-refractivity contribution in [3.8, 4) is 5.75 Å². The molecule has 3 N–H and O–H groups in total. The third kappa shape index (κ3) is 9.51. The van der Waals surface area contributed by atoms with Crippen LogP contribution < -0.4 is 4.74 Å². The number of carbonyl (C=O) groups is 1. The van der Waals surface area contributed by atoms with Gasteiger partial charge in [0.25, 0.3) is 0 Å². The Morgan fingerprint density at radius 2 is 2.03 bits per heavy atom. The number of halogens is 3. The summed E-state index contributed by atoms with van der Waals surface area (Å²) in [6, 6.07) is 4.57. The molecule has 1 saturated carbocycles. The number of hydrogen-bond donors (Lipinski definition) is 3. The van der Waals surface area contributed by atoms with Crippen molar-refractivity contribution in [2.45, 2.75) is 55.7 Å². The molecular formula is C21H29F3O5S2. The van der Waals surface area contributed by atoms with Gasteiger partial charge < -0.3 is 20.1 Å². The summed E-state index contributed by atoms with van der Waals surface area (Å²) in [5.41, 5.74) is -0.794. The molecule has 1 aliphatic rings. The fraction of sp³-hybridized carbons (Fsp3) is 0.667. The molecule has 0 saturated heterocycles. The van der Waals surface area contributed by atoms with Crippen LogP contribution in [0.2, 0.25) is 0 Å². The molecule has 0 aliphatic heterocycles. The third-order valence-electron chi connectivity index (χ3n) is 5.13. The molecule has 1 aromatic rings. The minimum Gasteiger partial charge on any atom is -0.491 e. The van der Waals surface area contributed by atoms with Crippen LogP contribution >= 0.6 is 23.5 Å². The van der Waals surface area contributed by atoms with Crippen molar-refractivity contribution >= 4 is 29.5 Å². The molecule has 0 heterocycles. The van der Waals surface area contributed by atoms with Gasteiger partial charge in [-0.05, 0) is 55.6 Å². The number of rotatable bonds is 13. The average molecular weight is 483 g/mol. The Kier molecular flexibility index (Phi) is 10.8. The third-order valence-corrected chi connectivity index (χ3v) is 7.75. The largest absolute Gasteiger partial charge is 0.491 e. The molecule has 176 valence electrons. The van der Waals surface area contributed by atoms with Crippen molar-refractivity contribution in [2.75, 3.05) is 23.9 Å². The first-order chi connectivity index (χ1) is 14.7. The van der Waals surface area contributed by atoms with Crippen LogP contribution in [-0.4, -0.2) is 62.6 Å². The van der Waals surface area contributed by atoms with E-state index in [1.165, 1.54) is 23.9 Å². The van der Waals surface area contributed by atoms with Gasteiger partial charge in [0, 0.05) is 11.0 Å². The van der Waals surface area contributed by atoms with E-state index in [1.54, 1.807) is 11.8 Å². The van der Waals surface area contributed by atoms with Crippen molar-refractivity contribution in [1.82, 2.24) is 0 Å². The Bertz CT molecular complexity index is 689. The predicted molar refractivity (Wildman–Crippen MR) is 117 cm³/mol. The quantitative estimate of drug-likeness (QED) is 0.361. The van der Waals surface area contributed by atoms with E-state index in [4.69, 9.17) is 9.84 Å². The van der Waals surface area contributed by atoms with E-state index in [1.807, 2.05) is 0 Å². The molecule has 0 radical (unpaired) electrons. The maximum Gasteiger partial charge on any atom is 0.416 e. The van der Waals surface area contributed by atoms with Crippen LogP contribution in [0.5, 0.6) is 5.75 Å². The standard InChI is InChI=1S/C21H29F3O5S2/c22-21(23,24)14-4-3-5-16(10-14)29-11-15(25)12-31-19-8-7-18(26)17(19)6-1-2-9-30-13-20(27)28/h3-5,10,15,17-19,25-26H,1-2,6-9,11-13H2,(H,27,28). The lowest BCUT2D eigenvalue weighted by Crippen LogP contribution is -2.25. The van der Waals surface area contributed by atoms with E-state index in [2.05, 4.69) is 0 Å². The zero-order valence-corrected chi connectivity index (χ0v) is 18.7. The lowest BCUT2D eigenvalue weighted by atomic mass is 9.98. The number of carboxylic acid groups (broad SMARTS) is 1. The fourth-order valence-corrected chi connectivity index (χ4v) is 5.74. The van der Waals surface area contributed by atoms with Gasteiger partial charge in [0.15, 0.2) is 0 Å². The van der Waals surface area contributed by atoms with Crippen LogP contribution in [0.1, 0.15) is 37.7 Å². The number of alkyl halides is 3. The predicted octanol–water partition coefficient (Wildman–Crippen LogP) is 4.31. The normalized spacial score (nSPS) is 22.4. The van der Waals surface area contributed by atoms with Crippen LogP contribution in [0.4, 0.5) is 13.2 Å². The Morgan fingerprint density at radius 1 is 1.26 bits per heavy atom. The maximum atomic E-state index is 12.8. The van der Waals surface area contributed by atoms with Crippen molar-refractivity contribution in [1.29, 1.82) is 0 Å². The number of carboxylic acids is 1. The van der Waals surface area contributed by atoms with Gasteiger partial charge in [0.2, 0.25) is 0 Å². The van der Waals surface area contributed by atoms with Gasteiger partial charge >= 0.3 is 12.1 Å². The second-order valence-electron chi connectivity index (χ2n) is 7.61. The SMILES string of the molecule is O=C(O)CSCCCCC1C(O)CCC1SCC(O)COc1cccc(C(F)(F)F)c1. The smallest absolute Gasteiger partial charge is 0.416 e. The Labute approximate surface area is 188 Å². The highest BCUT2D eigenvalue weighted by Crippen LogP contribution is 2.38. The number of aliphatic carboxylic acids is 1. The van der Waals surface area contributed by atoms with Crippen molar-refractivity contribution in [3.63, 3.8) is 0 Å². The van der Waals surface area contributed by atoms with E-state index >= 15 is 0 Å². The zero-order chi connectivity index (χ0) is 22.9. The van der Waals surface area contributed by atoms with Crippen LogP contribution in [-0.2, 0) is 11.0 Å². The molecule has 2 rings (SSSR count). The minimum absolute atomic E-state index is 0.0637. The van der Waals surface area contributed by atoms with E-state index in [-0.39, 0.29) is 35.4 Å². The van der Waals surface area contributed by atoms with Gasteiger partial charge in [-0.3, -0.25) is 4.79 Å². The first-order valence-corrected chi connectivity index (χ1v) is 12.4. The van der Waals surface area contributed by atoms with E-state index in [9.17, 15) is 28.2 Å². The topological polar surface area (TPSA) is 87.0 Å². The molecular weight excluding hydrogens is 453 g/mol. The first-order valence-electron chi connectivity index (χ1n) is 10.2. The number of benzene rings is 1. The van der Waals surface area contributed by atoms with Crippen molar-refractivity contribution in [3.05, 3.63) is 29.8 Å². The Morgan fingerprint density at radius 3 is 2.74 bits per heavy atom. The summed E-state index contributed by atoms with van der Waals surface area (Å²) >= 11 is 2.95. The van der Waals surface area contributed by atoms with Gasteiger partial charge in [0.05, 0.1) is 23.5 Å². The molecule has 0 amide bonds. The number of ether oxygens (including phenoxy) is 1. The van der Waals surface area contributed by atoms with Crippen LogP contribution in [0.25, 0.3) is 0 Å². The van der Waals surface area contributed by atoms with E-state index in [0.29, 0.717) is 12.2 Å². The highest BCUT2D eigenvalue weighted by Gasteiger charge is 2.35.